The molecule has 0 amide bonds. The Bertz CT molecular complexity index is 293. The molecule has 1 aromatic carbocycles. The van der Waals surface area contributed by atoms with Crippen molar-refractivity contribution in [3.05, 3.63) is 35.9 Å². The first kappa shape index (κ1) is 11.0. The van der Waals surface area contributed by atoms with E-state index in [1.54, 1.807) is 0 Å². The van der Waals surface area contributed by atoms with Gasteiger partial charge in [0.2, 0.25) is 0 Å². The fourth-order valence-corrected chi connectivity index (χ4v) is 2.91. The van der Waals surface area contributed by atoms with E-state index in [0.717, 1.165) is 12.3 Å². The van der Waals surface area contributed by atoms with Crippen molar-refractivity contribution in [2.75, 3.05) is 0 Å². The average molecular weight is 223 g/mol. The second-order valence-corrected chi connectivity index (χ2v) is 5.44. The lowest BCUT2D eigenvalue weighted by Crippen LogP contribution is -2.25. The molecule has 0 heterocycles. The quantitative estimate of drug-likeness (QED) is 0.656. The highest BCUT2D eigenvalue weighted by Gasteiger charge is 2.26. The lowest BCUT2D eigenvalue weighted by Gasteiger charge is -2.31. The van der Waals surface area contributed by atoms with Crippen molar-refractivity contribution in [1.82, 2.24) is 0 Å². The van der Waals surface area contributed by atoms with Gasteiger partial charge < -0.3 is 0 Å². The maximum absolute atomic E-state index is 6.40. The predicted molar refractivity (Wildman–Crippen MR) is 66.3 cm³/mol. The van der Waals surface area contributed by atoms with E-state index in [4.69, 9.17) is 11.6 Å². The van der Waals surface area contributed by atoms with Crippen molar-refractivity contribution in [1.29, 1.82) is 0 Å². The van der Waals surface area contributed by atoms with Gasteiger partial charge in [0.15, 0.2) is 0 Å². The summed E-state index contributed by atoms with van der Waals surface area (Å²) < 4.78 is 0. The van der Waals surface area contributed by atoms with E-state index in [1.165, 1.54) is 24.8 Å². The van der Waals surface area contributed by atoms with E-state index in [2.05, 4.69) is 37.3 Å². The number of rotatable bonds is 2. The van der Waals surface area contributed by atoms with Gasteiger partial charge in [0.1, 0.15) is 0 Å². The van der Waals surface area contributed by atoms with Crippen LogP contribution in [0.2, 0.25) is 0 Å². The van der Waals surface area contributed by atoms with Gasteiger partial charge in [-0.3, -0.25) is 0 Å². The number of alkyl halides is 1. The molecule has 1 heteroatoms. The highest BCUT2D eigenvalue weighted by Crippen LogP contribution is 2.34. The first-order valence-electron chi connectivity index (χ1n) is 5.93. The fraction of sp³-hybridized carbons (Fsp3) is 0.571. The minimum absolute atomic E-state index is 0.390. The van der Waals surface area contributed by atoms with E-state index in [9.17, 15) is 0 Å². The molecule has 3 unspecified atom stereocenters. The van der Waals surface area contributed by atoms with Crippen LogP contribution in [0.1, 0.15) is 31.7 Å². The Kier molecular flexibility index (Phi) is 3.69. The van der Waals surface area contributed by atoms with Gasteiger partial charge >= 0.3 is 0 Å². The van der Waals surface area contributed by atoms with Crippen molar-refractivity contribution in [3.8, 4) is 0 Å². The van der Waals surface area contributed by atoms with Gasteiger partial charge in [-0.15, -0.1) is 11.6 Å². The van der Waals surface area contributed by atoms with Crippen LogP contribution in [0.4, 0.5) is 0 Å². The summed E-state index contributed by atoms with van der Waals surface area (Å²) in [6, 6.07) is 10.7. The Morgan fingerprint density at radius 2 is 1.93 bits per heavy atom. The molecule has 0 aliphatic heterocycles. The molecular formula is C14H19Cl. The summed E-state index contributed by atoms with van der Waals surface area (Å²) in [5, 5.41) is 0.390. The molecule has 0 spiro atoms. The second-order valence-electron chi connectivity index (χ2n) is 4.88. The van der Waals surface area contributed by atoms with Crippen LogP contribution >= 0.6 is 11.6 Å². The molecule has 1 aromatic rings. The lowest BCUT2D eigenvalue weighted by molar-refractivity contribution is 0.287. The Morgan fingerprint density at radius 3 is 2.67 bits per heavy atom. The fourth-order valence-electron chi connectivity index (χ4n) is 2.59. The summed E-state index contributed by atoms with van der Waals surface area (Å²) in [4.78, 5) is 0. The first-order chi connectivity index (χ1) is 7.25. The minimum atomic E-state index is 0.390. The van der Waals surface area contributed by atoms with Crippen LogP contribution in [0.15, 0.2) is 30.3 Å². The molecular weight excluding hydrogens is 204 g/mol. The molecule has 0 bridgehead atoms. The molecule has 1 aliphatic rings. The van der Waals surface area contributed by atoms with E-state index in [1.807, 2.05) is 0 Å². The standard InChI is InChI=1S/C14H19Cl/c1-11-7-8-14(15)13(9-11)10-12-5-3-2-4-6-12/h2-6,11,13-14H,7-10H2,1H3. The zero-order valence-corrected chi connectivity index (χ0v) is 10.1. The highest BCUT2D eigenvalue weighted by atomic mass is 35.5. The SMILES string of the molecule is CC1CCC(Cl)C(Cc2ccccc2)C1. The van der Waals surface area contributed by atoms with E-state index >= 15 is 0 Å². The molecule has 1 fully saturated rings. The number of benzene rings is 1. The van der Waals surface area contributed by atoms with E-state index in [-0.39, 0.29) is 0 Å². The van der Waals surface area contributed by atoms with E-state index < -0.39 is 0 Å². The Labute approximate surface area is 97.6 Å². The van der Waals surface area contributed by atoms with Crippen molar-refractivity contribution < 1.29 is 0 Å². The molecule has 15 heavy (non-hydrogen) atoms. The topological polar surface area (TPSA) is 0 Å². The number of halogens is 1. The normalized spacial score (nSPS) is 31.5. The lowest BCUT2D eigenvalue weighted by atomic mass is 9.79. The molecule has 0 radical (unpaired) electrons. The maximum Gasteiger partial charge on any atom is 0.0367 e. The van der Waals surface area contributed by atoms with Gasteiger partial charge in [0.25, 0.3) is 0 Å². The number of hydrogen-bond acceptors (Lipinski definition) is 0. The first-order valence-corrected chi connectivity index (χ1v) is 6.37. The smallest absolute Gasteiger partial charge is 0.0367 e. The Hall–Kier alpha value is -0.490. The van der Waals surface area contributed by atoms with Crippen molar-refractivity contribution >= 4 is 11.6 Å². The summed E-state index contributed by atoms with van der Waals surface area (Å²) in [5.41, 5.74) is 1.43. The third-order valence-corrected chi connectivity index (χ3v) is 4.07. The molecule has 1 saturated carbocycles. The van der Waals surface area contributed by atoms with Gasteiger partial charge in [-0.25, -0.2) is 0 Å². The summed E-state index contributed by atoms with van der Waals surface area (Å²) >= 11 is 6.40. The summed E-state index contributed by atoms with van der Waals surface area (Å²) in [5.74, 6) is 1.53. The van der Waals surface area contributed by atoms with Crippen LogP contribution in [0.5, 0.6) is 0 Å². The molecule has 3 atom stereocenters. The Balaban J connectivity index is 1.98. The molecule has 0 nitrogen and oxygen atoms in total. The van der Waals surface area contributed by atoms with Crippen LogP contribution in [0.3, 0.4) is 0 Å². The Morgan fingerprint density at radius 1 is 1.20 bits per heavy atom. The van der Waals surface area contributed by atoms with Crippen LogP contribution in [-0.4, -0.2) is 5.38 Å². The van der Waals surface area contributed by atoms with Gasteiger partial charge in [-0.05, 0) is 43.1 Å². The third-order valence-electron chi connectivity index (χ3n) is 3.49. The summed E-state index contributed by atoms with van der Waals surface area (Å²) in [6.07, 6.45) is 4.95. The van der Waals surface area contributed by atoms with Crippen LogP contribution in [0.25, 0.3) is 0 Å². The third kappa shape index (κ3) is 2.98. The van der Waals surface area contributed by atoms with Crippen molar-refractivity contribution in [3.63, 3.8) is 0 Å². The van der Waals surface area contributed by atoms with Crippen molar-refractivity contribution in [2.45, 2.75) is 38.0 Å². The zero-order valence-electron chi connectivity index (χ0n) is 9.33. The summed E-state index contributed by atoms with van der Waals surface area (Å²) in [6.45, 7) is 2.35. The maximum atomic E-state index is 6.40. The van der Waals surface area contributed by atoms with E-state index in [0.29, 0.717) is 11.3 Å². The molecule has 1 aliphatic carbocycles. The van der Waals surface area contributed by atoms with Gasteiger partial charge in [0, 0.05) is 5.38 Å². The number of hydrogen-bond donors (Lipinski definition) is 0. The molecule has 82 valence electrons. The van der Waals surface area contributed by atoms with Crippen LogP contribution in [0, 0.1) is 11.8 Å². The molecule has 0 saturated heterocycles. The monoisotopic (exact) mass is 222 g/mol. The van der Waals surface area contributed by atoms with Crippen molar-refractivity contribution in [2.24, 2.45) is 11.8 Å². The van der Waals surface area contributed by atoms with Crippen LogP contribution < -0.4 is 0 Å². The second kappa shape index (κ2) is 5.03. The van der Waals surface area contributed by atoms with Gasteiger partial charge in [-0.1, -0.05) is 37.3 Å². The van der Waals surface area contributed by atoms with Crippen LogP contribution in [-0.2, 0) is 6.42 Å². The molecule has 0 N–H and O–H groups in total. The molecule has 2 rings (SSSR count). The van der Waals surface area contributed by atoms with Gasteiger partial charge in [0.05, 0.1) is 0 Å². The average Bonchev–Trinajstić information content (AvgIpc) is 2.25. The molecule has 0 aromatic heterocycles. The zero-order chi connectivity index (χ0) is 10.7. The minimum Gasteiger partial charge on any atom is -0.123 e. The largest absolute Gasteiger partial charge is 0.123 e. The summed E-state index contributed by atoms with van der Waals surface area (Å²) in [7, 11) is 0. The predicted octanol–water partition coefficient (Wildman–Crippen LogP) is 4.27. The van der Waals surface area contributed by atoms with Gasteiger partial charge in [-0.2, -0.15) is 0 Å². The highest BCUT2D eigenvalue weighted by molar-refractivity contribution is 6.20.